The van der Waals surface area contributed by atoms with Crippen LogP contribution >= 0.6 is 11.6 Å². The number of pyridine rings is 1. The number of carbonyl (C=O) groups is 2. The van der Waals surface area contributed by atoms with Crippen molar-refractivity contribution in [3.63, 3.8) is 0 Å². The summed E-state index contributed by atoms with van der Waals surface area (Å²) in [6.07, 6.45) is -3.15. The van der Waals surface area contributed by atoms with Crippen LogP contribution in [-0.2, 0) is 14.3 Å². The van der Waals surface area contributed by atoms with Gasteiger partial charge in [-0.1, -0.05) is 11.6 Å². The molecule has 0 saturated carbocycles. The average Bonchev–Trinajstić information content (AvgIpc) is 2.76. The van der Waals surface area contributed by atoms with Gasteiger partial charge >= 0.3 is 12.1 Å². The highest BCUT2D eigenvalue weighted by atomic mass is 35.5. The van der Waals surface area contributed by atoms with Crippen molar-refractivity contribution in [2.75, 3.05) is 44.7 Å². The maximum absolute atomic E-state index is 12.4. The van der Waals surface area contributed by atoms with Crippen molar-refractivity contribution in [2.24, 2.45) is 5.73 Å². The number of alkyl halides is 3. The number of hydrogen-bond acceptors (Lipinski definition) is 6. The van der Waals surface area contributed by atoms with Gasteiger partial charge < -0.3 is 25.4 Å². The number of methoxy groups -OCH3 is 1. The Balaban J connectivity index is 0.000000451. The highest BCUT2D eigenvalue weighted by Gasteiger charge is 2.38. The van der Waals surface area contributed by atoms with Crippen LogP contribution in [0.5, 0.6) is 0 Å². The SMILES string of the molecule is COC(CN)CC(=O)N1CCN(c2ccnc3cc(Cl)ccc23)CC1.O=C(O)C(F)(F)F. The van der Waals surface area contributed by atoms with E-state index in [1.807, 2.05) is 29.2 Å². The molecule has 0 bridgehead atoms. The Kier molecular flexibility index (Phi) is 9.05. The number of aliphatic carboxylic acids is 1. The summed E-state index contributed by atoms with van der Waals surface area (Å²) < 4.78 is 36.9. The third-order valence-corrected chi connectivity index (χ3v) is 5.13. The van der Waals surface area contributed by atoms with Crippen molar-refractivity contribution in [3.05, 3.63) is 35.5 Å². The zero-order chi connectivity index (χ0) is 23.9. The monoisotopic (exact) mass is 476 g/mol. The number of ether oxygens (including phenoxy) is 1. The fraction of sp³-hybridized carbons (Fsp3) is 0.450. The van der Waals surface area contributed by atoms with Gasteiger partial charge in [0.15, 0.2) is 0 Å². The number of nitrogens with two attached hydrogens (primary N) is 1. The molecule has 1 amide bonds. The second kappa shape index (κ2) is 11.3. The number of anilines is 1. The molecule has 176 valence electrons. The van der Waals surface area contributed by atoms with Crippen molar-refractivity contribution in [1.29, 1.82) is 0 Å². The third-order valence-electron chi connectivity index (χ3n) is 4.90. The quantitative estimate of drug-likeness (QED) is 0.682. The number of aromatic nitrogens is 1. The summed E-state index contributed by atoms with van der Waals surface area (Å²) >= 11 is 6.06. The number of carboxylic acids is 1. The molecule has 3 rings (SSSR count). The Morgan fingerprint density at radius 1 is 1.25 bits per heavy atom. The molecular weight excluding hydrogens is 453 g/mol. The first-order valence-electron chi connectivity index (χ1n) is 9.66. The summed E-state index contributed by atoms with van der Waals surface area (Å²) in [5.41, 5.74) is 7.62. The topological polar surface area (TPSA) is 109 Å². The van der Waals surface area contributed by atoms with Gasteiger partial charge in [-0.2, -0.15) is 13.2 Å². The van der Waals surface area contributed by atoms with E-state index in [1.54, 1.807) is 13.3 Å². The molecule has 1 fully saturated rings. The number of halogens is 4. The van der Waals surface area contributed by atoms with E-state index in [0.717, 1.165) is 29.7 Å². The van der Waals surface area contributed by atoms with Crippen molar-refractivity contribution in [3.8, 4) is 0 Å². The van der Waals surface area contributed by atoms with Gasteiger partial charge in [0, 0.05) is 62.1 Å². The molecule has 1 aromatic carbocycles. The maximum atomic E-state index is 12.4. The van der Waals surface area contributed by atoms with E-state index in [4.69, 9.17) is 32.0 Å². The van der Waals surface area contributed by atoms with E-state index in [-0.39, 0.29) is 12.0 Å². The number of piperazine rings is 1. The lowest BCUT2D eigenvalue weighted by Gasteiger charge is -2.37. The second-order valence-corrected chi connectivity index (χ2v) is 7.40. The zero-order valence-corrected chi connectivity index (χ0v) is 18.1. The van der Waals surface area contributed by atoms with Gasteiger partial charge in [-0.25, -0.2) is 4.79 Å². The Morgan fingerprint density at radius 3 is 2.41 bits per heavy atom. The molecule has 0 aliphatic carbocycles. The first-order valence-corrected chi connectivity index (χ1v) is 10.0. The van der Waals surface area contributed by atoms with Gasteiger partial charge in [0.05, 0.1) is 18.0 Å². The van der Waals surface area contributed by atoms with E-state index in [1.165, 1.54) is 0 Å². The van der Waals surface area contributed by atoms with Crippen molar-refractivity contribution in [2.45, 2.75) is 18.7 Å². The standard InChI is InChI=1S/C18H23ClN4O2.C2HF3O2/c1-25-14(12-20)11-18(24)23-8-6-22(7-9-23)17-4-5-21-16-10-13(19)2-3-15(16)17;3-2(4,5)1(6)7/h2-5,10,14H,6-9,11-12,20H2,1H3;(H,6,7). The maximum Gasteiger partial charge on any atom is 0.490 e. The Morgan fingerprint density at radius 2 is 1.88 bits per heavy atom. The van der Waals surface area contributed by atoms with Gasteiger partial charge in [0.2, 0.25) is 5.91 Å². The van der Waals surface area contributed by atoms with Gasteiger partial charge in [-0.15, -0.1) is 0 Å². The molecule has 2 aromatic rings. The van der Waals surface area contributed by atoms with Crippen LogP contribution in [0, 0.1) is 0 Å². The number of amides is 1. The minimum Gasteiger partial charge on any atom is -0.475 e. The summed E-state index contributed by atoms with van der Waals surface area (Å²) in [5, 5.41) is 8.88. The lowest BCUT2D eigenvalue weighted by molar-refractivity contribution is -0.192. The van der Waals surface area contributed by atoms with E-state index in [9.17, 15) is 18.0 Å². The summed E-state index contributed by atoms with van der Waals surface area (Å²) in [5.74, 6) is -2.66. The molecule has 1 unspecified atom stereocenters. The van der Waals surface area contributed by atoms with E-state index < -0.39 is 12.1 Å². The largest absolute Gasteiger partial charge is 0.490 e. The van der Waals surface area contributed by atoms with Crippen molar-refractivity contribution < 1.29 is 32.6 Å². The molecule has 1 atom stereocenters. The van der Waals surface area contributed by atoms with Gasteiger partial charge in [0.25, 0.3) is 0 Å². The molecule has 32 heavy (non-hydrogen) atoms. The molecule has 2 heterocycles. The molecule has 3 N–H and O–H groups in total. The van der Waals surface area contributed by atoms with Crippen LogP contribution in [0.4, 0.5) is 18.9 Å². The van der Waals surface area contributed by atoms with Crippen LogP contribution in [0.3, 0.4) is 0 Å². The predicted octanol–water partition coefficient (Wildman–Crippen LogP) is 2.53. The summed E-state index contributed by atoms with van der Waals surface area (Å²) in [4.78, 5) is 29.8. The Labute approximate surface area is 187 Å². The molecular formula is C20H24ClF3N4O4. The van der Waals surface area contributed by atoms with Gasteiger partial charge in [0.1, 0.15) is 0 Å². The second-order valence-electron chi connectivity index (χ2n) is 6.96. The number of carbonyl (C=O) groups excluding carboxylic acids is 1. The number of carboxylic acid groups (broad SMARTS) is 1. The highest BCUT2D eigenvalue weighted by molar-refractivity contribution is 6.31. The zero-order valence-electron chi connectivity index (χ0n) is 17.3. The summed E-state index contributed by atoms with van der Waals surface area (Å²) in [6, 6.07) is 7.77. The van der Waals surface area contributed by atoms with Crippen LogP contribution < -0.4 is 10.6 Å². The fourth-order valence-corrected chi connectivity index (χ4v) is 3.33. The minimum absolute atomic E-state index is 0.100. The van der Waals surface area contributed by atoms with Gasteiger partial charge in [-0.05, 0) is 24.3 Å². The lowest BCUT2D eigenvalue weighted by atomic mass is 10.1. The first kappa shape index (κ1) is 25.6. The summed E-state index contributed by atoms with van der Waals surface area (Å²) in [7, 11) is 1.59. The normalized spacial score (nSPS) is 15.2. The number of hydrogen-bond donors (Lipinski definition) is 2. The Hall–Kier alpha value is -2.63. The fourth-order valence-electron chi connectivity index (χ4n) is 3.17. The minimum atomic E-state index is -5.08. The molecule has 12 heteroatoms. The van der Waals surface area contributed by atoms with E-state index >= 15 is 0 Å². The van der Waals surface area contributed by atoms with Crippen LogP contribution in [0.1, 0.15) is 6.42 Å². The van der Waals surface area contributed by atoms with E-state index in [0.29, 0.717) is 31.1 Å². The first-order chi connectivity index (χ1) is 15.1. The van der Waals surface area contributed by atoms with Crippen LogP contribution in [0.2, 0.25) is 5.02 Å². The average molecular weight is 477 g/mol. The molecule has 1 saturated heterocycles. The van der Waals surface area contributed by atoms with E-state index in [2.05, 4.69) is 9.88 Å². The van der Waals surface area contributed by atoms with Gasteiger partial charge in [-0.3, -0.25) is 9.78 Å². The smallest absolute Gasteiger partial charge is 0.475 e. The van der Waals surface area contributed by atoms with Crippen molar-refractivity contribution >= 4 is 40.1 Å². The van der Waals surface area contributed by atoms with Crippen molar-refractivity contribution in [1.82, 2.24) is 9.88 Å². The number of rotatable bonds is 5. The Bertz CT molecular complexity index is 933. The lowest BCUT2D eigenvalue weighted by Crippen LogP contribution is -2.49. The van der Waals surface area contributed by atoms with Crippen LogP contribution in [0.25, 0.3) is 10.9 Å². The number of fused-ring (bicyclic) bond motifs is 1. The molecule has 1 aromatic heterocycles. The number of benzene rings is 1. The number of nitrogens with zero attached hydrogens (tertiary/aromatic N) is 3. The molecule has 1 aliphatic rings. The molecule has 0 radical (unpaired) electrons. The van der Waals surface area contributed by atoms with Crippen LogP contribution in [0.15, 0.2) is 30.5 Å². The third kappa shape index (κ3) is 6.94. The molecule has 1 aliphatic heterocycles. The molecule has 0 spiro atoms. The molecule has 8 nitrogen and oxygen atoms in total. The summed E-state index contributed by atoms with van der Waals surface area (Å²) in [6.45, 7) is 3.31. The van der Waals surface area contributed by atoms with Crippen LogP contribution in [-0.4, -0.2) is 79.0 Å². The highest BCUT2D eigenvalue weighted by Crippen LogP contribution is 2.28. The predicted molar refractivity (Wildman–Crippen MR) is 114 cm³/mol.